The average molecular weight is 269 g/mol. The van der Waals surface area contributed by atoms with Crippen LogP contribution in [0.15, 0.2) is 24.3 Å². The highest BCUT2D eigenvalue weighted by molar-refractivity contribution is 5.81. The van der Waals surface area contributed by atoms with E-state index in [2.05, 4.69) is 4.74 Å². The minimum absolute atomic E-state index is 0.0914. The third-order valence-corrected chi connectivity index (χ3v) is 2.42. The van der Waals surface area contributed by atoms with Gasteiger partial charge >= 0.3 is 5.97 Å². The third-order valence-electron chi connectivity index (χ3n) is 2.42. The molecule has 0 aliphatic heterocycles. The first-order valence-corrected chi connectivity index (χ1v) is 5.72. The van der Waals surface area contributed by atoms with Crippen LogP contribution in [0.2, 0.25) is 0 Å². The first kappa shape index (κ1) is 14.9. The molecule has 5 nitrogen and oxygen atoms in total. The van der Waals surface area contributed by atoms with Gasteiger partial charge in [0.1, 0.15) is 18.1 Å². The number of carbonyl (C=O) groups excluding carboxylic acids is 2. The fourth-order valence-corrected chi connectivity index (χ4v) is 1.32. The minimum Gasteiger partial charge on any atom is -0.493 e. The molecule has 0 N–H and O–H groups in total. The predicted molar refractivity (Wildman–Crippen MR) is 66.2 cm³/mol. The van der Waals surface area contributed by atoms with Crippen LogP contribution in [0.4, 0.5) is 4.39 Å². The SMILES string of the molecule is COC(=O)CN(C)C(=O)CCOc1ccc(F)cc1. The Kier molecular flexibility index (Phi) is 5.78. The molecule has 0 aromatic heterocycles. The largest absolute Gasteiger partial charge is 0.493 e. The van der Waals surface area contributed by atoms with E-state index in [-0.39, 0.29) is 31.3 Å². The number of hydrogen-bond acceptors (Lipinski definition) is 4. The van der Waals surface area contributed by atoms with Gasteiger partial charge in [-0.05, 0) is 24.3 Å². The summed E-state index contributed by atoms with van der Waals surface area (Å²) in [5.41, 5.74) is 0. The second-order valence-electron chi connectivity index (χ2n) is 3.88. The van der Waals surface area contributed by atoms with Gasteiger partial charge in [0.05, 0.1) is 20.1 Å². The van der Waals surface area contributed by atoms with Crippen LogP contribution in [0.1, 0.15) is 6.42 Å². The number of nitrogens with zero attached hydrogens (tertiary/aromatic N) is 1. The molecule has 1 aromatic rings. The van der Waals surface area contributed by atoms with E-state index in [4.69, 9.17) is 4.74 Å². The maximum atomic E-state index is 12.6. The number of ether oxygens (including phenoxy) is 2. The van der Waals surface area contributed by atoms with E-state index in [1.54, 1.807) is 0 Å². The molecule has 19 heavy (non-hydrogen) atoms. The van der Waals surface area contributed by atoms with Crippen molar-refractivity contribution < 1.29 is 23.5 Å². The summed E-state index contributed by atoms with van der Waals surface area (Å²) in [6, 6.07) is 5.52. The summed E-state index contributed by atoms with van der Waals surface area (Å²) in [5.74, 6) is -0.561. The van der Waals surface area contributed by atoms with Crippen molar-refractivity contribution in [1.82, 2.24) is 4.90 Å². The van der Waals surface area contributed by atoms with Gasteiger partial charge in [0.25, 0.3) is 0 Å². The highest BCUT2D eigenvalue weighted by atomic mass is 19.1. The summed E-state index contributed by atoms with van der Waals surface area (Å²) in [4.78, 5) is 23.9. The summed E-state index contributed by atoms with van der Waals surface area (Å²) >= 11 is 0. The molecule has 0 fully saturated rings. The Bertz CT molecular complexity index is 433. The Labute approximate surface area is 110 Å². The van der Waals surface area contributed by atoms with Crippen molar-refractivity contribution in [1.29, 1.82) is 0 Å². The standard InChI is InChI=1S/C13H16FNO4/c1-15(9-13(17)18-2)12(16)7-8-19-11-5-3-10(14)4-6-11/h3-6H,7-9H2,1-2H3. The lowest BCUT2D eigenvalue weighted by molar-refractivity contribution is -0.146. The number of likely N-dealkylation sites (N-methyl/N-ethyl adjacent to an activating group) is 1. The lowest BCUT2D eigenvalue weighted by Crippen LogP contribution is -2.33. The monoisotopic (exact) mass is 269 g/mol. The molecule has 0 heterocycles. The van der Waals surface area contributed by atoms with Crippen molar-refractivity contribution in [3.63, 3.8) is 0 Å². The van der Waals surface area contributed by atoms with Gasteiger partial charge in [-0.15, -0.1) is 0 Å². The lowest BCUT2D eigenvalue weighted by atomic mass is 10.3. The fourth-order valence-electron chi connectivity index (χ4n) is 1.32. The Morgan fingerprint density at radius 2 is 1.89 bits per heavy atom. The van der Waals surface area contributed by atoms with Crippen LogP contribution >= 0.6 is 0 Å². The van der Waals surface area contributed by atoms with Gasteiger partial charge in [-0.2, -0.15) is 0 Å². The van der Waals surface area contributed by atoms with Crippen molar-refractivity contribution in [2.75, 3.05) is 27.3 Å². The molecule has 0 radical (unpaired) electrons. The van der Waals surface area contributed by atoms with E-state index in [1.165, 1.54) is 43.3 Å². The van der Waals surface area contributed by atoms with Crippen molar-refractivity contribution in [3.8, 4) is 5.75 Å². The van der Waals surface area contributed by atoms with E-state index in [9.17, 15) is 14.0 Å². The highest BCUT2D eigenvalue weighted by Gasteiger charge is 2.12. The molecule has 0 saturated carbocycles. The molecule has 104 valence electrons. The van der Waals surface area contributed by atoms with Gasteiger partial charge in [-0.1, -0.05) is 0 Å². The minimum atomic E-state index is -0.477. The average Bonchev–Trinajstić information content (AvgIpc) is 2.40. The van der Waals surface area contributed by atoms with Crippen LogP contribution < -0.4 is 4.74 Å². The molecule has 1 aromatic carbocycles. The van der Waals surface area contributed by atoms with E-state index in [1.807, 2.05) is 0 Å². The summed E-state index contributed by atoms with van der Waals surface area (Å²) in [5, 5.41) is 0. The first-order chi connectivity index (χ1) is 9.02. The summed E-state index contributed by atoms with van der Waals surface area (Å²) in [6.07, 6.45) is 0.130. The topological polar surface area (TPSA) is 55.8 Å². The predicted octanol–water partition coefficient (Wildman–Crippen LogP) is 1.23. The van der Waals surface area contributed by atoms with Crippen LogP contribution in [0.5, 0.6) is 5.75 Å². The second kappa shape index (κ2) is 7.35. The second-order valence-corrected chi connectivity index (χ2v) is 3.88. The smallest absolute Gasteiger partial charge is 0.325 e. The van der Waals surface area contributed by atoms with Gasteiger partial charge in [-0.3, -0.25) is 9.59 Å². The zero-order chi connectivity index (χ0) is 14.3. The number of benzene rings is 1. The van der Waals surface area contributed by atoms with Crippen molar-refractivity contribution in [3.05, 3.63) is 30.1 Å². The van der Waals surface area contributed by atoms with Crippen molar-refractivity contribution in [2.24, 2.45) is 0 Å². The Morgan fingerprint density at radius 1 is 1.26 bits per heavy atom. The Hall–Kier alpha value is -2.11. The number of carbonyl (C=O) groups is 2. The van der Waals surface area contributed by atoms with Crippen LogP contribution in [-0.2, 0) is 14.3 Å². The van der Waals surface area contributed by atoms with Gasteiger partial charge in [-0.25, -0.2) is 4.39 Å². The summed E-state index contributed by atoms with van der Waals surface area (Å²) in [7, 11) is 2.77. The maximum Gasteiger partial charge on any atom is 0.325 e. The van der Waals surface area contributed by atoms with Gasteiger partial charge in [0.15, 0.2) is 0 Å². The molecule has 0 aliphatic rings. The number of esters is 1. The molecule has 1 amide bonds. The molecular weight excluding hydrogens is 253 g/mol. The van der Waals surface area contributed by atoms with Gasteiger partial charge in [0, 0.05) is 7.05 Å². The number of halogens is 1. The normalized spacial score (nSPS) is 9.84. The lowest BCUT2D eigenvalue weighted by Gasteiger charge is -2.15. The zero-order valence-corrected chi connectivity index (χ0v) is 10.9. The number of rotatable bonds is 6. The number of hydrogen-bond donors (Lipinski definition) is 0. The van der Waals surface area contributed by atoms with Gasteiger partial charge < -0.3 is 14.4 Å². The van der Waals surface area contributed by atoms with E-state index in [0.717, 1.165) is 0 Å². The fraction of sp³-hybridized carbons (Fsp3) is 0.385. The molecule has 0 bridgehead atoms. The van der Waals surface area contributed by atoms with Crippen LogP contribution in [0, 0.1) is 5.82 Å². The van der Waals surface area contributed by atoms with Crippen LogP contribution in [0.3, 0.4) is 0 Å². The molecule has 0 saturated heterocycles. The van der Waals surface area contributed by atoms with Crippen LogP contribution in [0.25, 0.3) is 0 Å². The Morgan fingerprint density at radius 3 is 2.47 bits per heavy atom. The molecule has 0 aliphatic carbocycles. The van der Waals surface area contributed by atoms with Crippen molar-refractivity contribution in [2.45, 2.75) is 6.42 Å². The molecule has 6 heteroatoms. The Balaban J connectivity index is 2.30. The maximum absolute atomic E-state index is 12.6. The van der Waals surface area contributed by atoms with E-state index >= 15 is 0 Å². The van der Waals surface area contributed by atoms with E-state index < -0.39 is 5.97 Å². The molecular formula is C13H16FNO4. The highest BCUT2D eigenvalue weighted by Crippen LogP contribution is 2.11. The number of methoxy groups -OCH3 is 1. The zero-order valence-electron chi connectivity index (χ0n) is 10.9. The third kappa shape index (κ3) is 5.37. The van der Waals surface area contributed by atoms with Crippen LogP contribution in [-0.4, -0.2) is 44.1 Å². The molecule has 0 unspecified atom stereocenters. The van der Waals surface area contributed by atoms with Gasteiger partial charge in [0.2, 0.25) is 5.91 Å². The molecule has 1 rings (SSSR count). The number of amides is 1. The molecule has 0 spiro atoms. The first-order valence-electron chi connectivity index (χ1n) is 5.72. The quantitative estimate of drug-likeness (QED) is 0.729. The van der Waals surface area contributed by atoms with E-state index in [0.29, 0.717) is 5.75 Å². The summed E-state index contributed by atoms with van der Waals surface area (Å²) in [6.45, 7) is 0.0713. The summed E-state index contributed by atoms with van der Waals surface area (Å²) < 4.78 is 22.4. The van der Waals surface area contributed by atoms with Crippen molar-refractivity contribution >= 4 is 11.9 Å². The molecule has 0 atom stereocenters.